The van der Waals surface area contributed by atoms with Crippen LogP contribution in [0.25, 0.3) is 0 Å². The minimum atomic E-state index is -0.450. The highest BCUT2D eigenvalue weighted by Crippen LogP contribution is 2.28. The van der Waals surface area contributed by atoms with E-state index in [1.807, 2.05) is 0 Å². The van der Waals surface area contributed by atoms with Gasteiger partial charge in [0, 0.05) is 31.4 Å². The van der Waals surface area contributed by atoms with E-state index < -0.39 is 4.92 Å². The highest BCUT2D eigenvalue weighted by atomic mass is 16.6. The van der Waals surface area contributed by atoms with Crippen LogP contribution in [0.5, 0.6) is 0 Å². The number of nitrogens with two attached hydrogens (primary N) is 1. The van der Waals surface area contributed by atoms with Crippen LogP contribution in [0.1, 0.15) is 13.3 Å². The molecule has 3 N–H and O–H groups in total. The third-order valence-corrected chi connectivity index (χ3v) is 3.20. The first-order chi connectivity index (χ1) is 8.63. The van der Waals surface area contributed by atoms with Crippen molar-refractivity contribution < 1.29 is 4.92 Å². The number of nitrogens with zero attached hydrogens (tertiary/aromatic N) is 2. The van der Waals surface area contributed by atoms with Crippen LogP contribution in [0.15, 0.2) is 18.2 Å². The second kappa shape index (κ2) is 5.22. The van der Waals surface area contributed by atoms with Crippen LogP contribution >= 0.6 is 0 Å². The van der Waals surface area contributed by atoms with Crippen molar-refractivity contribution >= 4 is 17.1 Å². The Hall–Kier alpha value is -1.82. The minimum absolute atomic E-state index is 0.0260. The highest BCUT2D eigenvalue weighted by Gasteiger charge is 2.25. The van der Waals surface area contributed by atoms with Crippen molar-refractivity contribution in [2.45, 2.75) is 19.4 Å². The SMILES string of the molecule is CCCN(c1ccc([N+](=O)[O-])c(N)c1)C1CNC1. The molecule has 6 heteroatoms. The summed E-state index contributed by atoms with van der Waals surface area (Å²) in [5, 5.41) is 14.0. The lowest BCUT2D eigenvalue weighted by Gasteiger charge is -2.39. The summed E-state index contributed by atoms with van der Waals surface area (Å²) in [5.41, 5.74) is 6.90. The number of nitro groups is 1. The average Bonchev–Trinajstić information content (AvgIpc) is 2.25. The van der Waals surface area contributed by atoms with Gasteiger partial charge in [0.2, 0.25) is 0 Å². The number of hydrogen-bond acceptors (Lipinski definition) is 5. The zero-order chi connectivity index (χ0) is 13.1. The number of hydrogen-bond donors (Lipinski definition) is 2. The van der Waals surface area contributed by atoms with Gasteiger partial charge in [0.1, 0.15) is 5.69 Å². The molecule has 1 aromatic carbocycles. The van der Waals surface area contributed by atoms with E-state index in [2.05, 4.69) is 17.1 Å². The number of nitrogens with one attached hydrogen (secondary N) is 1. The zero-order valence-electron chi connectivity index (χ0n) is 10.4. The summed E-state index contributed by atoms with van der Waals surface area (Å²) in [6.07, 6.45) is 1.04. The quantitative estimate of drug-likeness (QED) is 0.468. The van der Waals surface area contributed by atoms with Crippen molar-refractivity contribution in [2.24, 2.45) is 0 Å². The van der Waals surface area contributed by atoms with E-state index in [9.17, 15) is 10.1 Å². The summed E-state index contributed by atoms with van der Waals surface area (Å²) < 4.78 is 0. The Morgan fingerprint density at radius 2 is 2.28 bits per heavy atom. The Bertz CT molecular complexity index is 446. The molecule has 1 fully saturated rings. The molecule has 1 heterocycles. The summed E-state index contributed by atoms with van der Waals surface area (Å²) in [6, 6.07) is 5.43. The van der Waals surface area contributed by atoms with Gasteiger partial charge in [-0.2, -0.15) is 0 Å². The van der Waals surface area contributed by atoms with E-state index in [1.54, 1.807) is 12.1 Å². The third-order valence-electron chi connectivity index (χ3n) is 3.20. The first-order valence-electron chi connectivity index (χ1n) is 6.14. The standard InChI is InChI=1S/C12H18N4O2/c1-2-5-15(10-7-14-8-10)9-3-4-12(16(17)18)11(13)6-9/h3-4,6,10,14H,2,5,7-8,13H2,1H3. The Kier molecular flexibility index (Phi) is 3.66. The molecule has 1 saturated heterocycles. The molecule has 2 rings (SSSR count). The Morgan fingerprint density at radius 1 is 1.56 bits per heavy atom. The van der Waals surface area contributed by atoms with Crippen molar-refractivity contribution in [3.8, 4) is 0 Å². The van der Waals surface area contributed by atoms with Gasteiger partial charge in [-0.25, -0.2) is 0 Å². The molecule has 0 saturated carbocycles. The Labute approximate surface area is 106 Å². The molecule has 1 aliphatic rings. The fourth-order valence-electron chi connectivity index (χ4n) is 2.14. The van der Waals surface area contributed by atoms with Crippen molar-refractivity contribution in [3.63, 3.8) is 0 Å². The number of rotatable bonds is 5. The largest absolute Gasteiger partial charge is 0.393 e. The number of anilines is 2. The van der Waals surface area contributed by atoms with Crippen molar-refractivity contribution in [1.82, 2.24) is 5.32 Å². The summed E-state index contributed by atoms with van der Waals surface area (Å²) in [7, 11) is 0. The molecule has 0 aliphatic carbocycles. The normalized spacial score (nSPS) is 15.2. The van der Waals surface area contributed by atoms with Crippen LogP contribution in [0, 0.1) is 10.1 Å². The molecule has 0 amide bonds. The fraction of sp³-hybridized carbons (Fsp3) is 0.500. The Balaban J connectivity index is 2.24. The fourth-order valence-corrected chi connectivity index (χ4v) is 2.14. The lowest BCUT2D eigenvalue weighted by Crippen LogP contribution is -2.57. The molecule has 0 bridgehead atoms. The van der Waals surface area contributed by atoms with Crippen LogP contribution in [-0.4, -0.2) is 30.6 Å². The molecule has 6 nitrogen and oxygen atoms in total. The van der Waals surface area contributed by atoms with Gasteiger partial charge in [-0.15, -0.1) is 0 Å². The summed E-state index contributed by atoms with van der Waals surface area (Å²) >= 11 is 0. The molecule has 1 aromatic rings. The average molecular weight is 250 g/mol. The van der Waals surface area contributed by atoms with E-state index in [4.69, 9.17) is 5.73 Å². The molecule has 98 valence electrons. The van der Waals surface area contributed by atoms with E-state index in [0.717, 1.165) is 31.7 Å². The monoisotopic (exact) mass is 250 g/mol. The van der Waals surface area contributed by atoms with Gasteiger partial charge in [-0.3, -0.25) is 10.1 Å². The van der Waals surface area contributed by atoms with Gasteiger partial charge < -0.3 is 16.0 Å². The molecule has 1 aliphatic heterocycles. The van der Waals surface area contributed by atoms with Crippen LogP contribution < -0.4 is 16.0 Å². The van der Waals surface area contributed by atoms with E-state index in [1.165, 1.54) is 6.07 Å². The van der Waals surface area contributed by atoms with Gasteiger partial charge in [0.25, 0.3) is 5.69 Å². The smallest absolute Gasteiger partial charge is 0.292 e. The lowest BCUT2D eigenvalue weighted by molar-refractivity contribution is -0.383. The maximum atomic E-state index is 10.7. The van der Waals surface area contributed by atoms with Crippen LogP contribution in [0.4, 0.5) is 17.1 Å². The molecule has 0 spiro atoms. The second-order valence-corrected chi connectivity index (χ2v) is 4.51. The number of nitro benzene ring substituents is 1. The van der Waals surface area contributed by atoms with E-state index in [0.29, 0.717) is 6.04 Å². The number of benzene rings is 1. The van der Waals surface area contributed by atoms with Crippen LogP contribution in [0.3, 0.4) is 0 Å². The molecule has 0 unspecified atom stereocenters. The predicted molar refractivity (Wildman–Crippen MR) is 71.8 cm³/mol. The van der Waals surface area contributed by atoms with Gasteiger partial charge in [0.05, 0.1) is 11.0 Å². The van der Waals surface area contributed by atoms with Crippen molar-refractivity contribution in [1.29, 1.82) is 0 Å². The van der Waals surface area contributed by atoms with E-state index in [-0.39, 0.29) is 11.4 Å². The van der Waals surface area contributed by atoms with Gasteiger partial charge >= 0.3 is 0 Å². The van der Waals surface area contributed by atoms with Crippen molar-refractivity contribution in [3.05, 3.63) is 28.3 Å². The summed E-state index contributed by atoms with van der Waals surface area (Å²) in [5.74, 6) is 0. The zero-order valence-corrected chi connectivity index (χ0v) is 10.4. The minimum Gasteiger partial charge on any atom is -0.393 e. The molecule has 0 radical (unpaired) electrons. The topological polar surface area (TPSA) is 84.4 Å². The first kappa shape index (κ1) is 12.6. The molecule has 0 atom stereocenters. The summed E-state index contributed by atoms with van der Waals surface area (Å²) in [6.45, 7) is 4.96. The highest BCUT2D eigenvalue weighted by molar-refractivity contribution is 5.67. The van der Waals surface area contributed by atoms with Gasteiger partial charge in [0.15, 0.2) is 0 Å². The molecule has 0 aromatic heterocycles. The summed E-state index contributed by atoms with van der Waals surface area (Å²) in [4.78, 5) is 12.5. The Morgan fingerprint density at radius 3 is 2.72 bits per heavy atom. The molecule has 18 heavy (non-hydrogen) atoms. The lowest BCUT2D eigenvalue weighted by atomic mass is 10.1. The first-order valence-corrected chi connectivity index (χ1v) is 6.14. The van der Waals surface area contributed by atoms with Gasteiger partial charge in [-0.1, -0.05) is 6.92 Å². The number of nitrogen functional groups attached to an aromatic ring is 1. The maximum Gasteiger partial charge on any atom is 0.292 e. The molecular weight excluding hydrogens is 232 g/mol. The van der Waals surface area contributed by atoms with Crippen LogP contribution in [-0.2, 0) is 0 Å². The third kappa shape index (κ3) is 2.38. The van der Waals surface area contributed by atoms with E-state index >= 15 is 0 Å². The second-order valence-electron chi connectivity index (χ2n) is 4.51. The molecular formula is C12H18N4O2. The maximum absolute atomic E-state index is 10.7. The van der Waals surface area contributed by atoms with Crippen LogP contribution in [0.2, 0.25) is 0 Å². The van der Waals surface area contributed by atoms with Crippen molar-refractivity contribution in [2.75, 3.05) is 30.3 Å². The van der Waals surface area contributed by atoms with Gasteiger partial charge in [-0.05, 0) is 18.6 Å². The predicted octanol–water partition coefficient (Wildman–Crippen LogP) is 1.37.